The molecule has 0 fully saturated rings. The maximum Gasteiger partial charge on any atom is 2.00 e. The van der Waals surface area contributed by atoms with Crippen LogP contribution in [0.15, 0.2) is 229 Å². The molecule has 0 heterocycles. The van der Waals surface area contributed by atoms with Gasteiger partial charge in [-0.3, -0.25) is 0 Å². The molecule has 0 atom stereocenters. The topological polar surface area (TPSA) is 73.8 Å². The number of hydrogen-bond acceptors (Lipinski definition) is 8. The first-order valence-corrected chi connectivity index (χ1v) is 24.6. The minimum atomic E-state index is -2.67. The van der Waals surface area contributed by atoms with Crippen molar-refractivity contribution in [3.8, 4) is 34.5 Å². The Morgan fingerprint density at radius 1 is 0.343 bits per heavy atom. The molecular weight excluding hydrogens is 1030 g/mol. The summed E-state index contributed by atoms with van der Waals surface area (Å²) in [5, 5.41) is 3.09. The van der Waals surface area contributed by atoms with Crippen molar-refractivity contribution in [3.63, 3.8) is 0 Å². The SMILES string of the molecule is Brc1ccc(Oc2ccccc2)cc1.CO[Si](OC)(OC)c1ccccc1.CO[Si](OC)(c1ccccc1)c1ccc(Oc2ccccc2)cc1.[Br-].[H-].[H-].[Mg+2].[Mg+2].[c-]1ccc(Oc2ccccc2)cc1. The van der Waals surface area contributed by atoms with Gasteiger partial charge in [0.15, 0.2) is 0 Å². The summed E-state index contributed by atoms with van der Waals surface area (Å²) in [7, 11) is 2.96. The van der Waals surface area contributed by atoms with Crippen molar-refractivity contribution in [2.24, 2.45) is 0 Å². The second-order valence-electron chi connectivity index (χ2n) is 13.4. The molecule has 0 saturated carbocycles. The monoisotopic (exact) mass is 1080 g/mol. The van der Waals surface area contributed by atoms with Gasteiger partial charge in [-0.25, -0.2) is 0 Å². The summed E-state index contributed by atoms with van der Waals surface area (Å²) in [6, 6.07) is 75.1. The van der Waals surface area contributed by atoms with Gasteiger partial charge in [0.25, 0.3) is 0 Å². The van der Waals surface area contributed by atoms with E-state index in [0.29, 0.717) is 0 Å². The fraction of sp³-hybridized carbons (Fsp3) is 0.0943. The van der Waals surface area contributed by atoms with E-state index >= 15 is 0 Å². The van der Waals surface area contributed by atoms with E-state index in [-0.39, 0.29) is 65.9 Å². The van der Waals surface area contributed by atoms with Crippen molar-refractivity contribution >= 4 is 95.0 Å². The molecule has 0 aliphatic heterocycles. The van der Waals surface area contributed by atoms with Crippen molar-refractivity contribution in [2.45, 2.75) is 0 Å². The average Bonchev–Trinajstić information content (AvgIpc) is 3.37. The normalized spacial score (nSPS) is 10.2. The van der Waals surface area contributed by atoms with Gasteiger partial charge in [0.2, 0.25) is 0 Å². The van der Waals surface area contributed by atoms with E-state index < -0.39 is 17.4 Å². The van der Waals surface area contributed by atoms with Gasteiger partial charge in [-0.1, -0.05) is 143 Å². The van der Waals surface area contributed by atoms with Crippen LogP contribution in [-0.2, 0) is 22.1 Å². The summed E-state index contributed by atoms with van der Waals surface area (Å²) >= 11 is 3.38. The molecule has 8 aromatic carbocycles. The van der Waals surface area contributed by atoms with Crippen molar-refractivity contribution in [1.29, 1.82) is 0 Å². The third kappa shape index (κ3) is 18.7. The summed E-state index contributed by atoms with van der Waals surface area (Å²) in [5.41, 5.74) is 0. The number of hydrogen-bond donors (Lipinski definition) is 0. The zero-order valence-corrected chi connectivity index (χ0v) is 46.3. The molecule has 0 unspecified atom stereocenters. The van der Waals surface area contributed by atoms with Crippen LogP contribution in [0.2, 0.25) is 0 Å². The molecule has 0 aromatic heterocycles. The predicted octanol–water partition coefficient (Wildman–Crippen LogP) is 8.09. The minimum absolute atomic E-state index is 0. The molecule has 8 rings (SSSR count). The van der Waals surface area contributed by atoms with E-state index in [0.717, 1.165) is 54.5 Å². The molecule has 340 valence electrons. The van der Waals surface area contributed by atoms with Gasteiger partial charge in [-0.2, -0.15) is 18.2 Å². The van der Waals surface area contributed by atoms with Crippen LogP contribution in [0.25, 0.3) is 0 Å². The molecule has 0 N–H and O–H groups in total. The Morgan fingerprint density at radius 3 is 0.970 bits per heavy atom. The van der Waals surface area contributed by atoms with Gasteiger partial charge in [0, 0.05) is 51.0 Å². The van der Waals surface area contributed by atoms with Gasteiger partial charge in [-0.15, -0.1) is 12.1 Å². The maximum atomic E-state index is 5.89. The first kappa shape index (κ1) is 59.0. The van der Waals surface area contributed by atoms with Crippen molar-refractivity contribution in [3.05, 3.63) is 235 Å². The predicted molar refractivity (Wildman–Crippen MR) is 277 cm³/mol. The van der Waals surface area contributed by atoms with E-state index in [1.165, 1.54) is 0 Å². The number of rotatable bonds is 14. The molecule has 0 saturated heterocycles. The molecule has 0 bridgehead atoms. The number of benzene rings is 8. The Hall–Kier alpha value is -4.11. The molecule has 8 nitrogen and oxygen atoms in total. The van der Waals surface area contributed by atoms with Gasteiger partial charge in [-0.05, 0) is 83.2 Å². The van der Waals surface area contributed by atoms with Crippen molar-refractivity contribution in [1.82, 2.24) is 0 Å². The van der Waals surface area contributed by atoms with Crippen LogP contribution in [0.4, 0.5) is 0 Å². The summed E-state index contributed by atoms with van der Waals surface area (Å²) in [4.78, 5) is 0. The Kier molecular flexibility index (Phi) is 28.7. The third-order valence-corrected chi connectivity index (χ3v) is 15.9. The summed E-state index contributed by atoms with van der Waals surface area (Å²) in [6.45, 7) is 0. The molecule has 0 radical (unpaired) electrons. The summed E-state index contributed by atoms with van der Waals surface area (Å²) < 4.78 is 45.8. The Bertz CT molecular complexity index is 2420. The Balaban J connectivity index is 0.000000906. The van der Waals surface area contributed by atoms with E-state index in [1.807, 2.05) is 224 Å². The average molecular weight is 1080 g/mol. The van der Waals surface area contributed by atoms with E-state index in [1.54, 1.807) is 35.5 Å². The Morgan fingerprint density at radius 2 is 0.627 bits per heavy atom. The second kappa shape index (κ2) is 32.6. The smallest absolute Gasteiger partial charge is 1.00 e. The molecular formula is C53H54Br2Mg2O8Si2. The number of ether oxygens (including phenoxy) is 3. The Labute approximate surface area is 452 Å². The fourth-order valence-corrected chi connectivity index (χ4v) is 10.9. The molecule has 14 heteroatoms. The molecule has 0 amide bonds. The molecule has 67 heavy (non-hydrogen) atoms. The maximum absolute atomic E-state index is 5.89. The van der Waals surface area contributed by atoms with E-state index in [2.05, 4.69) is 22.0 Å². The summed E-state index contributed by atoms with van der Waals surface area (Å²) in [5.74, 6) is 5.00. The largest absolute Gasteiger partial charge is 2.00 e. The van der Waals surface area contributed by atoms with Crippen LogP contribution in [0.5, 0.6) is 34.5 Å². The zero-order chi connectivity index (χ0) is 45.3. The standard InChI is InChI=1S/C20H20O3Si.C12H9BrO.C12H9O.C9H14O3Si.BrH.2Mg.2H/c1-21-24(22-2,19-11-7-4-8-12-19)20-15-13-18(14-16-20)23-17-9-5-3-6-10-17;13-10-6-8-12(9-7-10)14-11-4-2-1-3-5-11;1-3-7-11(8-4-1)13-12-9-5-2-6-10-12;1-10-13(11-2,12-3)9-7-5-4-6-8-9;;;;;/h3-16H,1-2H3;1-9H;1,3-10H;4-8H,1-3H3;1H;;;;/q;;-1;;;2*+2;2*-1/p-1. The van der Waals surface area contributed by atoms with Crippen molar-refractivity contribution < 1.29 is 56.2 Å². The van der Waals surface area contributed by atoms with Gasteiger partial charge in [0.05, 0.1) is 0 Å². The molecule has 0 aliphatic rings. The zero-order valence-electron chi connectivity index (χ0n) is 40.3. The molecule has 8 aromatic rings. The number of para-hydroxylation sites is 3. The van der Waals surface area contributed by atoms with Gasteiger partial charge in [0.1, 0.15) is 28.7 Å². The minimum Gasteiger partial charge on any atom is -1.00 e. The van der Waals surface area contributed by atoms with Crippen LogP contribution in [0, 0.1) is 6.07 Å². The molecule has 0 spiro atoms. The number of halogens is 2. The van der Waals surface area contributed by atoms with Crippen molar-refractivity contribution in [2.75, 3.05) is 35.5 Å². The van der Waals surface area contributed by atoms with Crippen LogP contribution < -0.4 is 46.8 Å². The van der Waals surface area contributed by atoms with Crippen LogP contribution in [0.1, 0.15) is 2.85 Å². The fourth-order valence-electron chi connectivity index (χ4n) is 6.18. The van der Waals surface area contributed by atoms with Crippen LogP contribution in [-0.4, -0.2) is 99.0 Å². The molecule has 0 aliphatic carbocycles. The third-order valence-electron chi connectivity index (χ3n) is 9.33. The first-order valence-electron chi connectivity index (χ1n) is 20.2. The van der Waals surface area contributed by atoms with Crippen LogP contribution >= 0.6 is 15.9 Å². The van der Waals surface area contributed by atoms with E-state index in [9.17, 15) is 0 Å². The second-order valence-corrected chi connectivity index (χ2v) is 20.4. The van der Waals surface area contributed by atoms with E-state index in [4.69, 9.17) is 36.3 Å². The van der Waals surface area contributed by atoms with Gasteiger partial charge >= 0.3 is 63.5 Å². The van der Waals surface area contributed by atoms with Gasteiger partial charge < -0.3 is 56.2 Å². The quantitative estimate of drug-likeness (QED) is 0.0801. The summed E-state index contributed by atoms with van der Waals surface area (Å²) in [6.07, 6.45) is 0. The first-order chi connectivity index (χ1) is 31.4. The van der Waals surface area contributed by atoms with Crippen LogP contribution in [0.3, 0.4) is 0 Å².